The molecule has 6 heteroatoms. The van der Waals surface area contributed by atoms with Crippen molar-refractivity contribution in [2.75, 3.05) is 11.9 Å². The molecule has 1 aliphatic carbocycles. The number of carbonyl (C=O) groups is 2. The summed E-state index contributed by atoms with van der Waals surface area (Å²) in [7, 11) is 0. The normalized spacial score (nSPS) is 15.7. The fraction of sp³-hybridized carbons (Fsp3) is 0.529. The van der Waals surface area contributed by atoms with Crippen molar-refractivity contribution < 1.29 is 14.3 Å². The van der Waals surface area contributed by atoms with Crippen LogP contribution in [0.4, 0.5) is 10.5 Å². The molecule has 1 atom stereocenters. The average molecular weight is 319 g/mol. The van der Waals surface area contributed by atoms with E-state index in [-0.39, 0.29) is 11.9 Å². The summed E-state index contributed by atoms with van der Waals surface area (Å²) in [6.45, 7) is 4.26. The second-order valence-electron chi connectivity index (χ2n) is 5.77. The molecule has 3 amide bonds. The fourth-order valence-electron chi connectivity index (χ4n) is 2.64. The van der Waals surface area contributed by atoms with Gasteiger partial charge in [0.15, 0.2) is 0 Å². The number of rotatable bonds is 6. The Morgan fingerprint density at radius 2 is 1.87 bits per heavy atom. The quantitative estimate of drug-likeness (QED) is 0.753. The van der Waals surface area contributed by atoms with Crippen molar-refractivity contribution in [1.82, 2.24) is 10.6 Å². The molecule has 1 aliphatic rings. The zero-order valence-corrected chi connectivity index (χ0v) is 13.7. The number of benzene rings is 1. The maximum atomic E-state index is 12.0. The summed E-state index contributed by atoms with van der Waals surface area (Å²) in [4.78, 5) is 23.8. The first-order valence-corrected chi connectivity index (χ1v) is 8.19. The van der Waals surface area contributed by atoms with Gasteiger partial charge in [0.05, 0.1) is 6.61 Å². The standard InChI is InChI=1S/C17H25N3O3/c1-3-23-15-10-8-14(9-11-15)18-12(2)16(21)20-17(22)19-13-6-4-5-7-13/h8-13,18H,3-7H2,1-2H3,(H2,19,20,21,22). The molecule has 3 N–H and O–H groups in total. The summed E-state index contributed by atoms with van der Waals surface area (Å²) >= 11 is 0. The van der Waals surface area contributed by atoms with Crippen molar-refractivity contribution in [3.8, 4) is 5.75 Å². The van der Waals surface area contributed by atoms with Gasteiger partial charge in [-0.05, 0) is 51.0 Å². The van der Waals surface area contributed by atoms with Crippen LogP contribution in [0, 0.1) is 0 Å². The van der Waals surface area contributed by atoms with Gasteiger partial charge in [0, 0.05) is 11.7 Å². The molecule has 0 saturated heterocycles. The number of anilines is 1. The number of hydrogen-bond acceptors (Lipinski definition) is 4. The maximum absolute atomic E-state index is 12.0. The molecular formula is C17H25N3O3. The molecule has 1 fully saturated rings. The second kappa shape index (κ2) is 8.41. The van der Waals surface area contributed by atoms with Gasteiger partial charge in [0.1, 0.15) is 11.8 Å². The molecule has 0 heterocycles. The van der Waals surface area contributed by atoms with Crippen LogP contribution >= 0.6 is 0 Å². The predicted octanol–water partition coefficient (Wildman–Crippen LogP) is 2.65. The average Bonchev–Trinajstić information content (AvgIpc) is 3.02. The van der Waals surface area contributed by atoms with Crippen LogP contribution in [0.3, 0.4) is 0 Å². The summed E-state index contributed by atoms with van der Waals surface area (Å²) in [5.41, 5.74) is 0.798. The first-order chi connectivity index (χ1) is 11.1. The van der Waals surface area contributed by atoms with Crippen LogP contribution in [0.1, 0.15) is 39.5 Å². The molecule has 0 radical (unpaired) electrons. The van der Waals surface area contributed by atoms with Crippen molar-refractivity contribution in [2.45, 2.75) is 51.6 Å². The van der Waals surface area contributed by atoms with Gasteiger partial charge < -0.3 is 15.4 Å². The van der Waals surface area contributed by atoms with Crippen LogP contribution in [-0.2, 0) is 4.79 Å². The SMILES string of the molecule is CCOc1ccc(NC(C)C(=O)NC(=O)NC2CCCC2)cc1. The minimum Gasteiger partial charge on any atom is -0.494 e. The smallest absolute Gasteiger partial charge is 0.321 e. The van der Waals surface area contributed by atoms with E-state index in [4.69, 9.17) is 4.74 Å². The number of imide groups is 1. The number of hydrogen-bond donors (Lipinski definition) is 3. The van der Waals surface area contributed by atoms with Gasteiger partial charge in [0.25, 0.3) is 0 Å². The number of urea groups is 1. The van der Waals surface area contributed by atoms with E-state index < -0.39 is 12.1 Å². The summed E-state index contributed by atoms with van der Waals surface area (Å²) in [5, 5.41) is 8.28. The molecule has 0 aromatic heterocycles. The van der Waals surface area contributed by atoms with E-state index in [0.29, 0.717) is 6.61 Å². The minimum absolute atomic E-state index is 0.192. The van der Waals surface area contributed by atoms with Crippen LogP contribution in [0.15, 0.2) is 24.3 Å². The van der Waals surface area contributed by atoms with Crippen molar-refractivity contribution in [1.29, 1.82) is 0 Å². The molecular weight excluding hydrogens is 294 g/mol. The maximum Gasteiger partial charge on any atom is 0.321 e. The summed E-state index contributed by atoms with van der Waals surface area (Å²) in [5.74, 6) is 0.431. The largest absolute Gasteiger partial charge is 0.494 e. The lowest BCUT2D eigenvalue weighted by molar-refractivity contribution is -0.120. The minimum atomic E-state index is -0.512. The Morgan fingerprint density at radius 3 is 2.48 bits per heavy atom. The molecule has 0 bridgehead atoms. The third-order valence-electron chi connectivity index (χ3n) is 3.87. The highest BCUT2D eigenvalue weighted by atomic mass is 16.5. The van der Waals surface area contributed by atoms with Crippen molar-refractivity contribution in [3.63, 3.8) is 0 Å². The number of amides is 3. The third kappa shape index (κ3) is 5.47. The van der Waals surface area contributed by atoms with E-state index in [9.17, 15) is 9.59 Å². The molecule has 2 rings (SSSR count). The van der Waals surface area contributed by atoms with Gasteiger partial charge in [-0.2, -0.15) is 0 Å². The van der Waals surface area contributed by atoms with Crippen LogP contribution < -0.4 is 20.7 Å². The monoisotopic (exact) mass is 319 g/mol. The Hall–Kier alpha value is -2.24. The molecule has 1 aromatic carbocycles. The first-order valence-electron chi connectivity index (χ1n) is 8.19. The third-order valence-corrected chi connectivity index (χ3v) is 3.87. The molecule has 6 nitrogen and oxygen atoms in total. The summed E-state index contributed by atoms with van der Waals surface area (Å²) < 4.78 is 5.37. The Kier molecular flexibility index (Phi) is 6.26. The first kappa shape index (κ1) is 17.1. The topological polar surface area (TPSA) is 79.5 Å². The number of nitrogens with one attached hydrogen (secondary N) is 3. The molecule has 1 aromatic rings. The summed E-state index contributed by atoms with van der Waals surface area (Å²) in [6, 6.07) is 6.62. The van der Waals surface area contributed by atoms with E-state index in [1.807, 2.05) is 31.2 Å². The van der Waals surface area contributed by atoms with Crippen LogP contribution in [0.2, 0.25) is 0 Å². The lowest BCUT2D eigenvalue weighted by Gasteiger charge is -2.17. The Morgan fingerprint density at radius 1 is 1.22 bits per heavy atom. The van der Waals surface area contributed by atoms with Crippen LogP contribution in [-0.4, -0.2) is 30.6 Å². The van der Waals surface area contributed by atoms with E-state index in [2.05, 4.69) is 16.0 Å². The van der Waals surface area contributed by atoms with Crippen LogP contribution in [0.5, 0.6) is 5.75 Å². The highest BCUT2D eigenvalue weighted by molar-refractivity contribution is 5.98. The van der Waals surface area contributed by atoms with E-state index in [1.54, 1.807) is 6.92 Å². The van der Waals surface area contributed by atoms with E-state index in [1.165, 1.54) is 0 Å². The molecule has 1 unspecified atom stereocenters. The molecule has 0 spiro atoms. The van der Waals surface area contributed by atoms with Gasteiger partial charge in [0.2, 0.25) is 5.91 Å². The van der Waals surface area contributed by atoms with Gasteiger partial charge in [-0.25, -0.2) is 4.79 Å². The van der Waals surface area contributed by atoms with Crippen molar-refractivity contribution >= 4 is 17.6 Å². The van der Waals surface area contributed by atoms with Gasteiger partial charge in [-0.15, -0.1) is 0 Å². The highest BCUT2D eigenvalue weighted by Crippen LogP contribution is 2.18. The Balaban J connectivity index is 1.78. The number of ether oxygens (including phenoxy) is 1. The molecule has 126 valence electrons. The molecule has 1 saturated carbocycles. The fourth-order valence-corrected chi connectivity index (χ4v) is 2.64. The predicted molar refractivity (Wildman–Crippen MR) is 89.6 cm³/mol. The van der Waals surface area contributed by atoms with E-state index in [0.717, 1.165) is 37.1 Å². The van der Waals surface area contributed by atoms with E-state index >= 15 is 0 Å². The highest BCUT2D eigenvalue weighted by Gasteiger charge is 2.20. The lowest BCUT2D eigenvalue weighted by atomic mass is 10.2. The molecule has 0 aliphatic heterocycles. The van der Waals surface area contributed by atoms with Crippen molar-refractivity contribution in [2.24, 2.45) is 0 Å². The lowest BCUT2D eigenvalue weighted by Crippen LogP contribution is -2.48. The van der Waals surface area contributed by atoms with Gasteiger partial charge in [-0.3, -0.25) is 10.1 Å². The van der Waals surface area contributed by atoms with Gasteiger partial charge >= 0.3 is 6.03 Å². The zero-order valence-electron chi connectivity index (χ0n) is 13.7. The Bertz CT molecular complexity index is 524. The number of carbonyl (C=O) groups excluding carboxylic acids is 2. The zero-order chi connectivity index (χ0) is 16.7. The second-order valence-corrected chi connectivity index (χ2v) is 5.77. The van der Waals surface area contributed by atoms with Gasteiger partial charge in [-0.1, -0.05) is 12.8 Å². The molecule has 23 heavy (non-hydrogen) atoms. The van der Waals surface area contributed by atoms with Crippen LogP contribution in [0.25, 0.3) is 0 Å². The summed E-state index contributed by atoms with van der Waals surface area (Å²) in [6.07, 6.45) is 4.24. The Labute approximate surface area is 137 Å². The van der Waals surface area contributed by atoms with Crippen molar-refractivity contribution in [3.05, 3.63) is 24.3 Å².